The zero-order valence-electron chi connectivity index (χ0n) is 13.9. The summed E-state index contributed by atoms with van der Waals surface area (Å²) < 4.78 is 71.4. The molecule has 0 fully saturated rings. The second kappa shape index (κ2) is 6.95. The molecule has 0 unspecified atom stereocenters. The monoisotopic (exact) mass is 373 g/mol. The van der Waals surface area contributed by atoms with Crippen molar-refractivity contribution in [2.75, 3.05) is 11.8 Å². The Bertz CT molecular complexity index is 862. The lowest BCUT2D eigenvalue weighted by Gasteiger charge is -2.16. The number of hydrogen-bond acceptors (Lipinski definition) is 3. The number of nitrogens with one attached hydrogen (secondary N) is 1. The lowest BCUT2D eigenvalue weighted by molar-refractivity contribution is -0.136. The molecule has 0 amide bonds. The normalized spacial score (nSPS) is 12.3. The van der Waals surface area contributed by atoms with E-state index in [-0.39, 0.29) is 10.8 Å². The topological polar surface area (TPSA) is 55.4 Å². The van der Waals surface area contributed by atoms with E-state index in [1.807, 2.05) is 18.6 Å². The van der Waals surface area contributed by atoms with Crippen LogP contribution < -0.4 is 9.46 Å². The van der Waals surface area contributed by atoms with E-state index >= 15 is 0 Å². The van der Waals surface area contributed by atoms with Gasteiger partial charge in [0, 0.05) is 0 Å². The Labute approximate surface area is 144 Å². The summed E-state index contributed by atoms with van der Waals surface area (Å²) in [6.45, 7) is 3.72. The first-order valence-corrected chi connectivity index (χ1v) is 8.91. The highest BCUT2D eigenvalue weighted by molar-refractivity contribution is 7.92. The Morgan fingerprint density at radius 1 is 1.08 bits per heavy atom. The van der Waals surface area contributed by atoms with E-state index in [1.165, 1.54) is 37.4 Å². The van der Waals surface area contributed by atoms with E-state index < -0.39 is 27.5 Å². The highest BCUT2D eigenvalue weighted by Crippen LogP contribution is 2.36. The molecule has 0 heterocycles. The van der Waals surface area contributed by atoms with E-state index in [1.54, 1.807) is 0 Å². The van der Waals surface area contributed by atoms with E-state index in [0.29, 0.717) is 11.3 Å². The Hall–Kier alpha value is -2.22. The molecule has 2 aromatic carbocycles. The van der Waals surface area contributed by atoms with Crippen LogP contribution >= 0.6 is 0 Å². The number of alkyl halides is 3. The smallest absolute Gasteiger partial charge is 0.418 e. The molecular formula is C17H18F3NO3S. The maximum absolute atomic E-state index is 13.0. The predicted molar refractivity (Wildman–Crippen MR) is 89.3 cm³/mol. The predicted octanol–water partition coefficient (Wildman–Crippen LogP) is 4.64. The van der Waals surface area contributed by atoms with Crippen LogP contribution in [0.3, 0.4) is 0 Å². The first-order chi connectivity index (χ1) is 11.6. The Morgan fingerprint density at radius 2 is 1.72 bits per heavy atom. The van der Waals surface area contributed by atoms with E-state index in [2.05, 4.69) is 0 Å². The average molecular weight is 373 g/mol. The molecule has 8 heteroatoms. The van der Waals surface area contributed by atoms with Crippen molar-refractivity contribution in [3.8, 4) is 5.75 Å². The van der Waals surface area contributed by atoms with Gasteiger partial charge in [-0.25, -0.2) is 8.42 Å². The minimum Gasteiger partial charge on any atom is -0.496 e. The highest BCUT2D eigenvalue weighted by Gasteiger charge is 2.34. The molecule has 2 rings (SSSR count). The summed E-state index contributed by atoms with van der Waals surface area (Å²) in [7, 11) is -2.72. The summed E-state index contributed by atoms with van der Waals surface area (Å²) >= 11 is 0. The molecule has 2 aromatic rings. The molecule has 0 saturated heterocycles. The third kappa shape index (κ3) is 4.25. The van der Waals surface area contributed by atoms with E-state index in [4.69, 9.17) is 4.74 Å². The second-order valence-corrected chi connectivity index (χ2v) is 7.39. The minimum atomic E-state index is -4.66. The first kappa shape index (κ1) is 19.1. The largest absolute Gasteiger partial charge is 0.496 e. The Kier molecular flexibility index (Phi) is 5.31. The van der Waals surface area contributed by atoms with Gasteiger partial charge < -0.3 is 4.74 Å². The molecule has 0 aliphatic carbocycles. The van der Waals surface area contributed by atoms with Crippen LogP contribution in [-0.2, 0) is 16.2 Å². The molecule has 0 bridgehead atoms. The minimum absolute atomic E-state index is 0.0208. The van der Waals surface area contributed by atoms with Crippen molar-refractivity contribution < 1.29 is 26.3 Å². The van der Waals surface area contributed by atoms with Gasteiger partial charge >= 0.3 is 6.18 Å². The van der Waals surface area contributed by atoms with Crippen LogP contribution in [0, 0.1) is 0 Å². The summed E-state index contributed by atoms with van der Waals surface area (Å²) in [5.74, 6) is 0.497. The van der Waals surface area contributed by atoms with Gasteiger partial charge in [-0.05, 0) is 41.8 Å². The van der Waals surface area contributed by atoms with Gasteiger partial charge in [-0.15, -0.1) is 0 Å². The van der Waals surface area contributed by atoms with Crippen molar-refractivity contribution >= 4 is 15.7 Å². The Morgan fingerprint density at radius 3 is 2.28 bits per heavy atom. The van der Waals surface area contributed by atoms with Crippen molar-refractivity contribution in [1.29, 1.82) is 0 Å². The molecule has 0 aliphatic rings. The number of ether oxygens (including phenoxy) is 1. The third-order valence-corrected chi connectivity index (χ3v) is 4.97. The molecule has 4 nitrogen and oxygen atoms in total. The van der Waals surface area contributed by atoms with Crippen LogP contribution in [0.15, 0.2) is 47.4 Å². The van der Waals surface area contributed by atoms with Gasteiger partial charge in [0.25, 0.3) is 10.0 Å². The van der Waals surface area contributed by atoms with Crippen molar-refractivity contribution in [2.24, 2.45) is 0 Å². The average Bonchev–Trinajstić information content (AvgIpc) is 2.53. The van der Waals surface area contributed by atoms with Gasteiger partial charge in [0.2, 0.25) is 0 Å². The summed E-state index contributed by atoms with van der Waals surface area (Å²) in [5.41, 5.74) is -0.914. The lowest BCUT2D eigenvalue weighted by Crippen LogP contribution is -2.17. The molecule has 1 N–H and O–H groups in total. The number of para-hydroxylation sites is 1. The number of hydrogen-bond donors (Lipinski definition) is 1. The molecule has 0 radical (unpaired) electrons. The van der Waals surface area contributed by atoms with Crippen LogP contribution in [0.25, 0.3) is 0 Å². The van der Waals surface area contributed by atoms with Gasteiger partial charge in [-0.2, -0.15) is 13.2 Å². The SMILES string of the molecule is COc1ccc(S(=O)(=O)Nc2ccccc2C(F)(F)F)cc1C(C)C. The van der Waals surface area contributed by atoms with Crippen molar-refractivity contribution in [2.45, 2.75) is 30.8 Å². The summed E-state index contributed by atoms with van der Waals surface area (Å²) in [5, 5.41) is 0. The molecule has 136 valence electrons. The first-order valence-electron chi connectivity index (χ1n) is 7.43. The number of methoxy groups -OCH3 is 1. The molecule has 0 spiro atoms. The lowest BCUT2D eigenvalue weighted by atomic mass is 10.0. The van der Waals surface area contributed by atoms with Crippen molar-refractivity contribution in [3.63, 3.8) is 0 Å². The van der Waals surface area contributed by atoms with Gasteiger partial charge in [0.05, 0.1) is 23.3 Å². The summed E-state index contributed by atoms with van der Waals surface area (Å²) in [6, 6.07) is 8.62. The van der Waals surface area contributed by atoms with Crippen molar-refractivity contribution in [1.82, 2.24) is 0 Å². The van der Waals surface area contributed by atoms with Crippen LogP contribution in [-0.4, -0.2) is 15.5 Å². The van der Waals surface area contributed by atoms with Gasteiger partial charge in [0.15, 0.2) is 0 Å². The van der Waals surface area contributed by atoms with Crippen molar-refractivity contribution in [3.05, 3.63) is 53.6 Å². The maximum atomic E-state index is 13.0. The highest BCUT2D eigenvalue weighted by atomic mass is 32.2. The molecular weight excluding hydrogens is 355 g/mol. The van der Waals surface area contributed by atoms with Crippen LogP contribution in [0.4, 0.5) is 18.9 Å². The van der Waals surface area contributed by atoms with E-state index in [9.17, 15) is 21.6 Å². The van der Waals surface area contributed by atoms with Crippen LogP contribution in [0.1, 0.15) is 30.9 Å². The molecule has 0 saturated carbocycles. The summed E-state index contributed by atoms with van der Waals surface area (Å²) in [4.78, 5) is -0.131. The quantitative estimate of drug-likeness (QED) is 0.831. The van der Waals surface area contributed by atoms with Gasteiger partial charge in [0.1, 0.15) is 5.75 Å². The van der Waals surface area contributed by atoms with E-state index in [0.717, 1.165) is 12.1 Å². The third-order valence-electron chi connectivity index (χ3n) is 3.61. The standard InChI is InChI=1S/C17H18F3NO3S/c1-11(2)13-10-12(8-9-16(13)24-3)25(22,23)21-15-7-5-4-6-14(15)17(18,19)20/h4-11,21H,1-3H3. The Balaban J connectivity index is 2.46. The molecule has 0 aromatic heterocycles. The van der Waals surface area contributed by atoms with Crippen LogP contribution in [0.2, 0.25) is 0 Å². The van der Waals surface area contributed by atoms with Gasteiger partial charge in [-0.3, -0.25) is 4.72 Å². The number of benzene rings is 2. The number of anilines is 1. The molecule has 25 heavy (non-hydrogen) atoms. The number of halogens is 3. The molecule has 0 atom stereocenters. The number of rotatable bonds is 5. The summed E-state index contributed by atoms with van der Waals surface area (Å²) in [6.07, 6.45) is -4.66. The second-order valence-electron chi connectivity index (χ2n) is 5.71. The fourth-order valence-corrected chi connectivity index (χ4v) is 3.47. The maximum Gasteiger partial charge on any atom is 0.418 e. The van der Waals surface area contributed by atoms with Gasteiger partial charge in [-0.1, -0.05) is 26.0 Å². The zero-order valence-corrected chi connectivity index (χ0v) is 14.7. The fraction of sp³-hybridized carbons (Fsp3) is 0.294. The molecule has 0 aliphatic heterocycles. The fourth-order valence-electron chi connectivity index (χ4n) is 2.35. The number of sulfonamides is 1. The zero-order chi connectivity index (χ0) is 18.8. The van der Waals surface area contributed by atoms with Crippen LogP contribution in [0.5, 0.6) is 5.75 Å².